The number of thiazole rings is 1. The highest BCUT2D eigenvalue weighted by Gasteiger charge is 2.22. The van der Waals surface area contributed by atoms with Gasteiger partial charge in [0, 0.05) is 24.9 Å². The summed E-state index contributed by atoms with van der Waals surface area (Å²) in [5.41, 5.74) is 3.75. The summed E-state index contributed by atoms with van der Waals surface area (Å²) in [6, 6.07) is 6.40. The minimum Gasteiger partial charge on any atom is -0.488 e. The maximum atomic E-state index is 5.92. The Labute approximate surface area is 117 Å². The summed E-state index contributed by atoms with van der Waals surface area (Å²) in [7, 11) is 0. The zero-order valence-corrected chi connectivity index (χ0v) is 12.1. The molecule has 3 rings (SSSR count). The van der Waals surface area contributed by atoms with Crippen molar-refractivity contribution >= 4 is 11.3 Å². The van der Waals surface area contributed by atoms with Gasteiger partial charge >= 0.3 is 0 Å². The minimum atomic E-state index is 0.247. The van der Waals surface area contributed by atoms with E-state index in [4.69, 9.17) is 4.74 Å². The van der Waals surface area contributed by atoms with E-state index in [0.717, 1.165) is 36.0 Å². The van der Waals surface area contributed by atoms with Crippen LogP contribution in [0.4, 0.5) is 0 Å². The maximum Gasteiger partial charge on any atom is 0.123 e. The lowest BCUT2D eigenvalue weighted by atomic mass is 10.1. The molecule has 0 aliphatic carbocycles. The predicted molar refractivity (Wildman–Crippen MR) is 77.9 cm³/mol. The van der Waals surface area contributed by atoms with Crippen molar-refractivity contribution in [1.82, 2.24) is 10.3 Å². The van der Waals surface area contributed by atoms with Crippen LogP contribution in [0.25, 0.3) is 0 Å². The number of nitrogens with zero attached hydrogens (tertiary/aromatic N) is 1. The van der Waals surface area contributed by atoms with E-state index in [1.165, 1.54) is 11.1 Å². The van der Waals surface area contributed by atoms with Gasteiger partial charge in [-0.15, -0.1) is 11.3 Å². The Morgan fingerprint density at radius 1 is 1.42 bits per heavy atom. The van der Waals surface area contributed by atoms with Gasteiger partial charge in [0.2, 0.25) is 0 Å². The molecule has 0 fully saturated rings. The molecule has 0 radical (unpaired) electrons. The van der Waals surface area contributed by atoms with Crippen molar-refractivity contribution in [3.8, 4) is 5.75 Å². The van der Waals surface area contributed by atoms with Gasteiger partial charge in [0.1, 0.15) is 11.9 Å². The lowest BCUT2D eigenvalue weighted by Crippen LogP contribution is -2.29. The van der Waals surface area contributed by atoms with Crippen LogP contribution in [0.15, 0.2) is 23.6 Å². The largest absolute Gasteiger partial charge is 0.488 e. The fourth-order valence-corrected chi connectivity index (χ4v) is 3.03. The maximum absolute atomic E-state index is 5.92. The normalized spacial score (nSPS) is 17.3. The number of hydrogen-bond acceptors (Lipinski definition) is 4. The first kappa shape index (κ1) is 12.6. The van der Waals surface area contributed by atoms with Gasteiger partial charge in [-0.1, -0.05) is 17.7 Å². The third-order valence-corrected chi connectivity index (χ3v) is 4.12. The molecule has 0 spiro atoms. The number of aryl methyl sites for hydroxylation is 2. The molecule has 1 aromatic carbocycles. The summed E-state index contributed by atoms with van der Waals surface area (Å²) in [5.74, 6) is 1.04. The molecule has 1 atom stereocenters. The topological polar surface area (TPSA) is 34.2 Å². The van der Waals surface area contributed by atoms with Gasteiger partial charge in [-0.05, 0) is 25.5 Å². The molecular weight excluding hydrogens is 256 g/mol. The van der Waals surface area contributed by atoms with Crippen LogP contribution in [0.2, 0.25) is 0 Å². The van der Waals surface area contributed by atoms with Crippen LogP contribution in [0.1, 0.15) is 21.8 Å². The third kappa shape index (κ3) is 2.96. The SMILES string of the molecule is Cc1ccc2c(c1)CC(CNCc1csc(C)n1)O2. The van der Waals surface area contributed by atoms with Crippen molar-refractivity contribution in [3.05, 3.63) is 45.4 Å². The summed E-state index contributed by atoms with van der Waals surface area (Å²) >= 11 is 1.70. The fraction of sp³-hybridized carbons (Fsp3) is 0.400. The Morgan fingerprint density at radius 2 is 2.32 bits per heavy atom. The van der Waals surface area contributed by atoms with Gasteiger partial charge in [-0.25, -0.2) is 4.98 Å². The Bertz CT molecular complexity index is 579. The molecule has 100 valence electrons. The molecule has 0 amide bonds. The molecule has 1 aromatic heterocycles. The first-order valence-electron chi connectivity index (χ1n) is 6.58. The average molecular weight is 274 g/mol. The third-order valence-electron chi connectivity index (χ3n) is 3.30. The number of nitrogens with one attached hydrogen (secondary N) is 1. The highest BCUT2D eigenvalue weighted by atomic mass is 32.1. The van der Waals surface area contributed by atoms with Gasteiger partial charge in [0.15, 0.2) is 0 Å². The number of hydrogen-bond donors (Lipinski definition) is 1. The average Bonchev–Trinajstić information content (AvgIpc) is 2.95. The van der Waals surface area contributed by atoms with E-state index in [9.17, 15) is 0 Å². The van der Waals surface area contributed by atoms with E-state index in [2.05, 4.69) is 40.8 Å². The molecular formula is C15H18N2OS. The van der Waals surface area contributed by atoms with Gasteiger partial charge in [-0.3, -0.25) is 0 Å². The van der Waals surface area contributed by atoms with Crippen LogP contribution in [-0.2, 0) is 13.0 Å². The molecule has 1 unspecified atom stereocenters. The quantitative estimate of drug-likeness (QED) is 0.931. The molecule has 1 N–H and O–H groups in total. The summed E-state index contributed by atoms with van der Waals surface area (Å²) in [5, 5.41) is 6.65. The smallest absolute Gasteiger partial charge is 0.123 e. The Hall–Kier alpha value is -1.39. The molecule has 0 saturated carbocycles. The Kier molecular flexibility index (Phi) is 3.53. The number of ether oxygens (including phenoxy) is 1. The number of rotatable bonds is 4. The first-order valence-corrected chi connectivity index (χ1v) is 7.46. The van der Waals surface area contributed by atoms with Crippen LogP contribution in [0, 0.1) is 13.8 Å². The summed E-state index contributed by atoms with van der Waals surface area (Å²) in [6.45, 7) is 5.84. The molecule has 2 aromatic rings. The highest BCUT2D eigenvalue weighted by molar-refractivity contribution is 7.09. The van der Waals surface area contributed by atoms with Crippen LogP contribution in [-0.4, -0.2) is 17.6 Å². The molecule has 19 heavy (non-hydrogen) atoms. The molecule has 3 nitrogen and oxygen atoms in total. The van der Waals surface area contributed by atoms with E-state index in [0.29, 0.717) is 0 Å². The molecule has 1 aliphatic heterocycles. The summed E-state index contributed by atoms with van der Waals surface area (Å²) < 4.78 is 5.92. The minimum absolute atomic E-state index is 0.247. The van der Waals surface area contributed by atoms with E-state index < -0.39 is 0 Å². The van der Waals surface area contributed by atoms with Crippen molar-refractivity contribution < 1.29 is 4.74 Å². The molecule has 1 aliphatic rings. The second-order valence-corrected chi connectivity index (χ2v) is 6.11. The monoisotopic (exact) mass is 274 g/mol. The van der Waals surface area contributed by atoms with Crippen LogP contribution in [0.3, 0.4) is 0 Å². The lowest BCUT2D eigenvalue weighted by molar-refractivity contribution is 0.227. The Morgan fingerprint density at radius 3 is 3.11 bits per heavy atom. The summed E-state index contributed by atoms with van der Waals surface area (Å²) in [6.07, 6.45) is 1.25. The number of benzene rings is 1. The molecule has 2 heterocycles. The van der Waals surface area contributed by atoms with Gasteiger partial charge in [0.25, 0.3) is 0 Å². The summed E-state index contributed by atoms with van der Waals surface area (Å²) in [4.78, 5) is 4.44. The first-order chi connectivity index (χ1) is 9.20. The van der Waals surface area contributed by atoms with Crippen LogP contribution >= 0.6 is 11.3 Å². The Balaban J connectivity index is 1.51. The molecule has 0 bridgehead atoms. The second kappa shape index (κ2) is 5.31. The number of aromatic nitrogens is 1. The zero-order chi connectivity index (χ0) is 13.2. The second-order valence-electron chi connectivity index (χ2n) is 5.04. The van der Waals surface area contributed by atoms with Crippen molar-refractivity contribution in [2.24, 2.45) is 0 Å². The van der Waals surface area contributed by atoms with Crippen molar-refractivity contribution in [1.29, 1.82) is 0 Å². The van der Waals surface area contributed by atoms with Crippen LogP contribution < -0.4 is 10.1 Å². The van der Waals surface area contributed by atoms with Gasteiger partial charge in [-0.2, -0.15) is 0 Å². The van der Waals surface area contributed by atoms with Crippen LogP contribution in [0.5, 0.6) is 5.75 Å². The van der Waals surface area contributed by atoms with Crippen molar-refractivity contribution in [3.63, 3.8) is 0 Å². The van der Waals surface area contributed by atoms with Gasteiger partial charge in [0.05, 0.1) is 10.7 Å². The van der Waals surface area contributed by atoms with Gasteiger partial charge < -0.3 is 10.1 Å². The van der Waals surface area contributed by atoms with E-state index in [1.807, 2.05) is 6.92 Å². The fourth-order valence-electron chi connectivity index (χ4n) is 2.41. The molecule has 4 heteroatoms. The highest BCUT2D eigenvalue weighted by Crippen LogP contribution is 2.29. The zero-order valence-electron chi connectivity index (χ0n) is 11.3. The van der Waals surface area contributed by atoms with Crippen molar-refractivity contribution in [2.45, 2.75) is 32.9 Å². The van der Waals surface area contributed by atoms with E-state index >= 15 is 0 Å². The van der Waals surface area contributed by atoms with Crippen molar-refractivity contribution in [2.75, 3.05) is 6.54 Å². The molecule has 0 saturated heterocycles. The lowest BCUT2D eigenvalue weighted by Gasteiger charge is -2.11. The van der Waals surface area contributed by atoms with E-state index in [-0.39, 0.29) is 6.10 Å². The number of fused-ring (bicyclic) bond motifs is 1. The standard InChI is InChI=1S/C15H18N2OS/c1-10-3-4-15-12(5-10)6-14(18-15)8-16-7-13-9-19-11(2)17-13/h3-5,9,14,16H,6-8H2,1-2H3. The van der Waals surface area contributed by atoms with E-state index in [1.54, 1.807) is 11.3 Å². The predicted octanol–water partition coefficient (Wildman–Crippen LogP) is 2.85.